The molecule has 3 rings (SSSR count). The molecule has 0 amide bonds. The van der Waals surface area contributed by atoms with Gasteiger partial charge in [0.25, 0.3) is 0 Å². The first kappa shape index (κ1) is 13.4. The second kappa shape index (κ2) is 5.83. The van der Waals surface area contributed by atoms with Gasteiger partial charge < -0.3 is 4.42 Å². The highest BCUT2D eigenvalue weighted by Gasteiger charge is 2.06. The number of fused-ring (bicyclic) bond motifs is 1. The van der Waals surface area contributed by atoms with E-state index in [9.17, 15) is 4.79 Å². The average molecular weight is 293 g/mol. The summed E-state index contributed by atoms with van der Waals surface area (Å²) in [6.45, 7) is 0.467. The van der Waals surface area contributed by atoms with Gasteiger partial charge in [-0.3, -0.25) is 4.79 Å². The summed E-state index contributed by atoms with van der Waals surface area (Å²) in [5.41, 5.74) is 2.37. The van der Waals surface area contributed by atoms with E-state index < -0.39 is 0 Å². The lowest BCUT2D eigenvalue weighted by atomic mass is 10.1. The molecule has 3 aromatic rings. The molecule has 0 saturated heterocycles. The van der Waals surface area contributed by atoms with Crippen molar-refractivity contribution in [3.63, 3.8) is 0 Å². The molecule has 1 heterocycles. The lowest BCUT2D eigenvalue weighted by molar-refractivity contribution is 0.619. The van der Waals surface area contributed by atoms with E-state index in [-0.39, 0.29) is 5.43 Å². The van der Waals surface area contributed by atoms with Crippen molar-refractivity contribution >= 4 is 28.3 Å². The van der Waals surface area contributed by atoms with Crippen molar-refractivity contribution in [3.8, 4) is 11.3 Å². The van der Waals surface area contributed by atoms with E-state index in [1.165, 1.54) is 6.07 Å². The molecule has 4 heteroatoms. The summed E-state index contributed by atoms with van der Waals surface area (Å²) < 4.78 is 5.82. The first-order chi connectivity index (χ1) is 10.3. The molecule has 0 unspecified atom stereocenters. The van der Waals surface area contributed by atoms with Gasteiger partial charge in [-0.15, -0.1) is 0 Å². The molecule has 0 aliphatic rings. The summed E-state index contributed by atoms with van der Waals surface area (Å²) in [6.07, 6.45) is 0. The van der Waals surface area contributed by atoms with Crippen LogP contribution in [0.4, 0.5) is 0 Å². The lowest BCUT2D eigenvalue weighted by Gasteiger charge is -2.04. The molecule has 0 aliphatic heterocycles. The van der Waals surface area contributed by atoms with Crippen LogP contribution >= 0.6 is 12.2 Å². The predicted molar refractivity (Wildman–Crippen MR) is 86.7 cm³/mol. The zero-order valence-electron chi connectivity index (χ0n) is 11.1. The fraction of sp³-hybridized carbons (Fsp3) is 0.0588. The lowest BCUT2D eigenvalue weighted by Crippen LogP contribution is -2.00. The van der Waals surface area contributed by atoms with Gasteiger partial charge in [0.2, 0.25) is 0 Å². The van der Waals surface area contributed by atoms with Crippen LogP contribution in [0.1, 0.15) is 5.56 Å². The third kappa shape index (κ3) is 2.82. The maximum atomic E-state index is 12.1. The number of para-hydroxylation sites is 1. The van der Waals surface area contributed by atoms with Gasteiger partial charge in [-0.1, -0.05) is 30.3 Å². The maximum absolute atomic E-state index is 12.1. The van der Waals surface area contributed by atoms with E-state index >= 15 is 0 Å². The van der Waals surface area contributed by atoms with E-state index in [2.05, 4.69) is 22.4 Å². The number of hydrogen-bond donors (Lipinski definition) is 0. The molecule has 3 nitrogen and oxygen atoms in total. The van der Waals surface area contributed by atoms with Gasteiger partial charge in [0.05, 0.1) is 17.1 Å². The van der Waals surface area contributed by atoms with Gasteiger partial charge in [-0.05, 0) is 36.0 Å². The van der Waals surface area contributed by atoms with Crippen LogP contribution < -0.4 is 5.43 Å². The summed E-state index contributed by atoms with van der Waals surface area (Å²) in [7, 11) is 0. The number of benzene rings is 2. The van der Waals surface area contributed by atoms with Gasteiger partial charge in [-0.25, -0.2) is 4.99 Å². The van der Waals surface area contributed by atoms with Crippen LogP contribution in [-0.2, 0) is 6.54 Å². The smallest absolute Gasteiger partial charge is 0.193 e. The Kier molecular flexibility index (Phi) is 3.73. The minimum absolute atomic E-state index is 0.0471. The Morgan fingerprint density at radius 1 is 1.10 bits per heavy atom. The zero-order chi connectivity index (χ0) is 14.7. The highest BCUT2D eigenvalue weighted by molar-refractivity contribution is 7.78. The molecular formula is C17H11NO2S. The second-order valence-corrected chi connectivity index (χ2v) is 4.76. The standard InChI is InChI=1S/C17H11NO2S/c19-15-9-17(20-16-7-2-1-6-14(15)16)13-5-3-4-12(8-13)10-18-11-21/h1-9H,10H2. The fourth-order valence-corrected chi connectivity index (χ4v) is 2.26. The van der Waals surface area contributed by atoms with Crippen molar-refractivity contribution in [3.05, 3.63) is 70.4 Å². The Morgan fingerprint density at radius 2 is 1.95 bits per heavy atom. The number of thiocarbonyl (C=S) groups is 1. The third-order valence-electron chi connectivity index (χ3n) is 3.17. The van der Waals surface area contributed by atoms with E-state index in [1.54, 1.807) is 12.1 Å². The summed E-state index contributed by atoms with van der Waals surface area (Å²) >= 11 is 4.57. The van der Waals surface area contributed by atoms with Crippen LogP contribution in [0, 0.1) is 0 Å². The summed E-state index contributed by atoms with van der Waals surface area (Å²) in [6, 6.07) is 16.4. The number of rotatable bonds is 3. The monoisotopic (exact) mass is 293 g/mol. The van der Waals surface area contributed by atoms with Crippen LogP contribution in [0.5, 0.6) is 0 Å². The minimum Gasteiger partial charge on any atom is -0.456 e. The molecule has 0 saturated carbocycles. The molecular weight excluding hydrogens is 282 g/mol. The summed E-state index contributed by atoms with van der Waals surface area (Å²) in [5.74, 6) is 0.548. The Morgan fingerprint density at radius 3 is 2.81 bits per heavy atom. The van der Waals surface area contributed by atoms with Crippen molar-refractivity contribution in [2.75, 3.05) is 0 Å². The molecule has 0 bridgehead atoms. The van der Waals surface area contributed by atoms with E-state index in [4.69, 9.17) is 4.42 Å². The van der Waals surface area contributed by atoms with Gasteiger partial charge in [0.1, 0.15) is 11.3 Å². The SMILES string of the molecule is O=c1cc(-c2cccc(CN=C=S)c2)oc2ccccc12. The topological polar surface area (TPSA) is 42.6 Å². The second-order valence-electron chi connectivity index (χ2n) is 4.58. The number of isothiocyanates is 1. The number of hydrogen-bond acceptors (Lipinski definition) is 4. The van der Waals surface area contributed by atoms with Crippen molar-refractivity contribution < 1.29 is 4.42 Å². The van der Waals surface area contributed by atoms with Crippen molar-refractivity contribution in [2.45, 2.75) is 6.54 Å². The van der Waals surface area contributed by atoms with Crippen LogP contribution in [0.3, 0.4) is 0 Å². The van der Waals surface area contributed by atoms with Gasteiger partial charge in [-0.2, -0.15) is 0 Å². The Labute approximate surface area is 126 Å². The quantitative estimate of drug-likeness (QED) is 0.540. The number of nitrogens with zero attached hydrogens (tertiary/aromatic N) is 1. The van der Waals surface area contributed by atoms with E-state index in [0.29, 0.717) is 23.3 Å². The molecule has 0 radical (unpaired) electrons. The first-order valence-corrected chi connectivity index (χ1v) is 6.84. The van der Waals surface area contributed by atoms with Gasteiger partial charge >= 0.3 is 0 Å². The molecule has 102 valence electrons. The molecule has 0 atom stereocenters. The highest BCUT2D eigenvalue weighted by Crippen LogP contribution is 2.23. The highest BCUT2D eigenvalue weighted by atomic mass is 32.1. The Balaban J connectivity index is 2.12. The van der Waals surface area contributed by atoms with E-state index in [1.807, 2.05) is 36.4 Å². The van der Waals surface area contributed by atoms with Gasteiger partial charge in [0.15, 0.2) is 5.43 Å². The fourth-order valence-electron chi connectivity index (χ4n) is 2.19. The van der Waals surface area contributed by atoms with Crippen LogP contribution in [-0.4, -0.2) is 5.16 Å². The molecule has 21 heavy (non-hydrogen) atoms. The van der Waals surface area contributed by atoms with Crippen LogP contribution in [0.25, 0.3) is 22.3 Å². The van der Waals surface area contributed by atoms with E-state index in [0.717, 1.165) is 11.1 Å². The third-order valence-corrected chi connectivity index (χ3v) is 3.30. The Bertz CT molecular complexity index is 908. The molecule has 0 N–H and O–H groups in total. The summed E-state index contributed by atoms with van der Waals surface area (Å²) in [4.78, 5) is 16.0. The summed E-state index contributed by atoms with van der Waals surface area (Å²) in [5, 5.41) is 2.93. The minimum atomic E-state index is -0.0471. The predicted octanol–water partition coefficient (Wildman–Crippen LogP) is 4.06. The van der Waals surface area contributed by atoms with Crippen molar-refractivity contribution in [1.29, 1.82) is 0 Å². The van der Waals surface area contributed by atoms with Crippen molar-refractivity contribution in [1.82, 2.24) is 0 Å². The molecule has 0 aliphatic carbocycles. The van der Waals surface area contributed by atoms with Crippen LogP contribution in [0.2, 0.25) is 0 Å². The first-order valence-electron chi connectivity index (χ1n) is 6.44. The maximum Gasteiger partial charge on any atom is 0.193 e. The normalized spacial score (nSPS) is 10.3. The molecule has 0 spiro atoms. The largest absolute Gasteiger partial charge is 0.456 e. The average Bonchev–Trinajstić information content (AvgIpc) is 2.53. The molecule has 2 aromatic carbocycles. The van der Waals surface area contributed by atoms with Crippen molar-refractivity contribution in [2.24, 2.45) is 4.99 Å². The van der Waals surface area contributed by atoms with Crippen LogP contribution in [0.15, 0.2) is 68.8 Å². The Hall–Kier alpha value is -2.55. The zero-order valence-corrected chi connectivity index (χ0v) is 11.9. The molecule has 0 fully saturated rings. The molecule has 1 aromatic heterocycles. The van der Waals surface area contributed by atoms with Gasteiger partial charge in [0, 0.05) is 11.6 Å². The number of aliphatic imine (C=N–C) groups is 1.